The number of carboxylic acids is 1. The molecular formula is C11H19NNaO6. The van der Waals surface area contributed by atoms with Crippen LogP contribution in [0.5, 0.6) is 0 Å². The third-order valence-corrected chi connectivity index (χ3v) is 0.981. The number of aliphatic hydroxyl groups excluding tert-OH is 1. The van der Waals surface area contributed by atoms with E-state index in [0.29, 0.717) is 0 Å². The first-order chi connectivity index (χ1) is 8.39. The molecule has 0 bridgehead atoms. The Morgan fingerprint density at radius 1 is 1.21 bits per heavy atom. The number of carboxylic acid groups (broad SMARTS) is 1. The maximum absolute atomic E-state index is 10.0. The van der Waals surface area contributed by atoms with Crippen molar-refractivity contribution in [2.45, 2.75) is 0 Å². The average molecular weight is 284 g/mol. The monoisotopic (exact) mass is 284 g/mol. The van der Waals surface area contributed by atoms with Gasteiger partial charge in [-0.3, -0.25) is 4.79 Å². The van der Waals surface area contributed by atoms with Crippen molar-refractivity contribution >= 4 is 47.4 Å². The molecule has 0 saturated heterocycles. The molecular weight excluding hydrogens is 265 g/mol. The molecule has 0 unspecified atom stereocenters. The minimum Gasteiger partial charge on any atom is -0.478 e. The third kappa shape index (κ3) is 38.4. The van der Waals surface area contributed by atoms with Gasteiger partial charge >= 0.3 is 11.9 Å². The van der Waals surface area contributed by atoms with Crippen molar-refractivity contribution in [1.82, 2.24) is 5.32 Å². The van der Waals surface area contributed by atoms with E-state index in [1.807, 2.05) is 0 Å². The molecule has 1 amide bonds. The molecule has 0 spiro atoms. The van der Waals surface area contributed by atoms with Gasteiger partial charge in [-0.25, -0.2) is 9.59 Å². The van der Waals surface area contributed by atoms with E-state index in [1.54, 1.807) is 0 Å². The molecule has 0 rings (SSSR count). The summed E-state index contributed by atoms with van der Waals surface area (Å²) in [5.74, 6) is -1.73. The fourth-order valence-corrected chi connectivity index (χ4v) is 0.233. The summed E-state index contributed by atoms with van der Waals surface area (Å²) in [7, 11) is 1.31. The second-order valence-corrected chi connectivity index (χ2v) is 2.17. The summed E-state index contributed by atoms with van der Waals surface area (Å²) in [6.45, 7) is 8.95. The minimum absolute atomic E-state index is 0. The van der Waals surface area contributed by atoms with Gasteiger partial charge in [0.2, 0.25) is 5.91 Å². The predicted octanol–water partition coefficient (Wildman–Crippen LogP) is -0.294. The van der Waals surface area contributed by atoms with Crippen molar-refractivity contribution in [2.75, 3.05) is 13.8 Å². The molecule has 0 aromatic rings. The smallest absolute Gasteiger partial charge is 0.329 e. The zero-order chi connectivity index (χ0) is 15.0. The van der Waals surface area contributed by atoms with Crippen LogP contribution in [0, 0.1) is 0 Å². The summed E-state index contributed by atoms with van der Waals surface area (Å²) in [6, 6.07) is 0. The number of esters is 1. The van der Waals surface area contributed by atoms with Crippen molar-refractivity contribution in [1.29, 1.82) is 0 Å². The number of aliphatic hydroxyl groups is 1. The number of nitrogens with one attached hydrogen (secondary N) is 1. The largest absolute Gasteiger partial charge is 0.478 e. The van der Waals surface area contributed by atoms with Crippen LogP contribution in [-0.2, 0) is 19.1 Å². The van der Waals surface area contributed by atoms with Crippen molar-refractivity contribution < 1.29 is 30.8 Å². The van der Waals surface area contributed by atoms with Crippen LogP contribution in [0.3, 0.4) is 0 Å². The Kier molecular flexibility index (Phi) is 30.1. The number of hydrogen-bond acceptors (Lipinski definition) is 5. The van der Waals surface area contributed by atoms with Crippen molar-refractivity contribution in [2.24, 2.45) is 0 Å². The van der Waals surface area contributed by atoms with Gasteiger partial charge in [0.05, 0.1) is 7.11 Å². The zero-order valence-electron chi connectivity index (χ0n) is 11.1. The molecule has 0 aromatic heterocycles. The summed E-state index contributed by atoms with van der Waals surface area (Å²) < 4.78 is 4.14. The molecule has 19 heavy (non-hydrogen) atoms. The zero-order valence-corrected chi connectivity index (χ0v) is 13.1. The van der Waals surface area contributed by atoms with Crippen LogP contribution in [0.4, 0.5) is 0 Å². The third-order valence-electron chi connectivity index (χ3n) is 0.981. The molecule has 0 aliphatic heterocycles. The van der Waals surface area contributed by atoms with Gasteiger partial charge < -0.3 is 20.3 Å². The number of ether oxygens (including phenoxy) is 1. The fraction of sp³-hybridized carbons (Fsp3) is 0.182. The number of aliphatic carboxylic acids is 1. The molecule has 0 aliphatic carbocycles. The maximum atomic E-state index is 10.0. The Morgan fingerprint density at radius 2 is 1.63 bits per heavy atom. The quantitative estimate of drug-likeness (QED) is 0.283. The van der Waals surface area contributed by atoms with Crippen molar-refractivity contribution in [3.63, 3.8) is 0 Å². The Balaban J connectivity index is -0.0000000543. The van der Waals surface area contributed by atoms with Crippen LogP contribution < -0.4 is 5.32 Å². The van der Waals surface area contributed by atoms with E-state index in [-0.39, 0.29) is 43.6 Å². The predicted molar refractivity (Wildman–Crippen MR) is 73.3 cm³/mol. The Hall–Kier alpha value is -1.41. The normalized spacial score (nSPS) is 6.63. The molecule has 105 valence electrons. The second-order valence-electron chi connectivity index (χ2n) is 2.17. The maximum Gasteiger partial charge on any atom is 0.329 e. The first-order valence-electron chi connectivity index (χ1n) is 4.46. The van der Waals surface area contributed by atoms with E-state index >= 15 is 0 Å². The molecule has 8 heteroatoms. The standard InChI is InChI=1S/C4H7NO2.C4H6O2.C3H4O2.Na.H2/c1-2-4(7)5-3-6;1-3-4(5)6-2;1-2-3(4)5;;/h2,6H,1,3H2,(H,5,7);3H,1H2,2H3;2H,1H2,(H,4,5);;1H. The molecule has 1 radical (unpaired) electrons. The van der Waals surface area contributed by atoms with Gasteiger partial charge in [0, 0.05) is 43.1 Å². The average Bonchev–Trinajstić information content (AvgIpc) is 2.39. The van der Waals surface area contributed by atoms with E-state index in [1.165, 1.54) is 7.11 Å². The van der Waals surface area contributed by atoms with Crippen LogP contribution in [0.25, 0.3) is 0 Å². The topological polar surface area (TPSA) is 113 Å². The van der Waals surface area contributed by atoms with Crippen LogP contribution in [-0.4, -0.2) is 71.5 Å². The number of hydrogen-bond donors (Lipinski definition) is 3. The molecule has 0 heterocycles. The van der Waals surface area contributed by atoms with E-state index < -0.39 is 11.9 Å². The second kappa shape index (κ2) is 21.8. The van der Waals surface area contributed by atoms with Crippen LogP contribution >= 0.6 is 0 Å². The summed E-state index contributed by atoms with van der Waals surface area (Å²) in [5, 5.41) is 17.7. The summed E-state index contributed by atoms with van der Waals surface area (Å²) >= 11 is 0. The number of carbonyl (C=O) groups is 3. The van der Waals surface area contributed by atoms with Gasteiger partial charge in [0.25, 0.3) is 0 Å². The summed E-state index contributed by atoms with van der Waals surface area (Å²) in [5.41, 5.74) is 0. The fourth-order valence-electron chi connectivity index (χ4n) is 0.233. The van der Waals surface area contributed by atoms with Crippen molar-refractivity contribution in [3.8, 4) is 0 Å². The Labute approximate surface area is 135 Å². The van der Waals surface area contributed by atoms with Gasteiger partial charge in [-0.1, -0.05) is 19.7 Å². The Morgan fingerprint density at radius 3 is 1.68 bits per heavy atom. The van der Waals surface area contributed by atoms with E-state index in [9.17, 15) is 14.4 Å². The summed E-state index contributed by atoms with van der Waals surface area (Å²) in [4.78, 5) is 29.1. The van der Waals surface area contributed by atoms with E-state index in [4.69, 9.17) is 10.2 Å². The number of carbonyl (C=O) groups excluding carboxylic acids is 2. The SMILES string of the molecule is C=CC(=O)NCO.C=CC(=O)O.C=CC(=O)OC.[HH].[Na]. The van der Waals surface area contributed by atoms with Gasteiger partial charge in [-0.15, -0.1) is 0 Å². The molecule has 3 N–H and O–H groups in total. The van der Waals surface area contributed by atoms with Gasteiger partial charge in [0.1, 0.15) is 6.73 Å². The van der Waals surface area contributed by atoms with E-state index in [2.05, 4.69) is 29.8 Å². The van der Waals surface area contributed by atoms with Gasteiger partial charge in [-0.2, -0.15) is 0 Å². The molecule has 0 fully saturated rings. The number of amides is 1. The summed E-state index contributed by atoms with van der Waals surface area (Å²) in [6.07, 6.45) is 3.04. The van der Waals surface area contributed by atoms with Crippen LogP contribution in [0.2, 0.25) is 0 Å². The molecule has 0 atom stereocenters. The Bertz CT molecular complexity index is 309. The molecule has 7 nitrogen and oxygen atoms in total. The van der Waals surface area contributed by atoms with Gasteiger partial charge in [-0.05, 0) is 6.08 Å². The molecule has 0 saturated carbocycles. The van der Waals surface area contributed by atoms with Crippen molar-refractivity contribution in [3.05, 3.63) is 38.0 Å². The number of rotatable bonds is 4. The van der Waals surface area contributed by atoms with Gasteiger partial charge in [0.15, 0.2) is 0 Å². The van der Waals surface area contributed by atoms with E-state index in [0.717, 1.165) is 18.2 Å². The first kappa shape index (κ1) is 26.2. The number of methoxy groups -OCH3 is 1. The van der Waals surface area contributed by atoms with Crippen LogP contribution in [0.1, 0.15) is 1.43 Å². The first-order valence-corrected chi connectivity index (χ1v) is 4.46. The molecule has 0 aromatic carbocycles. The van der Waals surface area contributed by atoms with Crippen LogP contribution in [0.15, 0.2) is 38.0 Å². The minimum atomic E-state index is -0.981. The molecule has 0 aliphatic rings.